The van der Waals surface area contributed by atoms with Gasteiger partial charge in [-0.3, -0.25) is 4.98 Å². The van der Waals surface area contributed by atoms with E-state index in [1.165, 1.54) is 5.56 Å². The average molecular weight is 307 g/mol. The van der Waals surface area contributed by atoms with Gasteiger partial charge in [0.15, 0.2) is 0 Å². The quantitative estimate of drug-likeness (QED) is 0.918. The Hall–Kier alpha value is -1.55. The van der Waals surface area contributed by atoms with E-state index in [1.54, 1.807) is 13.3 Å². The maximum absolute atomic E-state index is 5.31. The average Bonchev–Trinajstić information content (AvgIpc) is 2.40. The van der Waals surface area contributed by atoms with Gasteiger partial charge in [-0.2, -0.15) is 0 Å². The second-order valence-electron chi connectivity index (χ2n) is 3.88. The van der Waals surface area contributed by atoms with E-state index in [1.807, 2.05) is 30.5 Å². The molecule has 2 aromatic rings. The van der Waals surface area contributed by atoms with Crippen LogP contribution in [0.4, 0.5) is 5.69 Å². The van der Waals surface area contributed by atoms with E-state index in [0.717, 1.165) is 28.9 Å². The SMILES string of the molecule is COc1ccc(Br)cc1NCCc1cccnc1. The van der Waals surface area contributed by atoms with E-state index < -0.39 is 0 Å². The Bertz CT molecular complexity index is 502. The summed E-state index contributed by atoms with van der Waals surface area (Å²) in [5.41, 5.74) is 2.22. The maximum atomic E-state index is 5.31. The third-order valence-corrected chi connectivity index (χ3v) is 3.11. The monoisotopic (exact) mass is 306 g/mol. The van der Waals surface area contributed by atoms with Crippen molar-refractivity contribution in [2.24, 2.45) is 0 Å². The van der Waals surface area contributed by atoms with Gasteiger partial charge >= 0.3 is 0 Å². The number of methoxy groups -OCH3 is 1. The number of nitrogens with one attached hydrogen (secondary N) is 1. The van der Waals surface area contributed by atoms with Crippen LogP contribution in [0.15, 0.2) is 47.2 Å². The van der Waals surface area contributed by atoms with Gasteiger partial charge in [0, 0.05) is 23.4 Å². The molecule has 0 atom stereocenters. The molecule has 0 saturated carbocycles. The lowest BCUT2D eigenvalue weighted by Gasteiger charge is -2.11. The van der Waals surface area contributed by atoms with Gasteiger partial charge < -0.3 is 10.1 Å². The molecule has 0 bridgehead atoms. The van der Waals surface area contributed by atoms with Crippen molar-refractivity contribution in [1.29, 1.82) is 0 Å². The molecule has 4 heteroatoms. The molecule has 3 nitrogen and oxygen atoms in total. The highest BCUT2D eigenvalue weighted by Gasteiger charge is 2.02. The standard InChI is InChI=1S/C14H15BrN2O/c1-18-14-5-4-12(15)9-13(14)17-8-6-11-3-2-7-16-10-11/h2-5,7,9-10,17H,6,8H2,1H3. The van der Waals surface area contributed by atoms with E-state index in [-0.39, 0.29) is 0 Å². The van der Waals surface area contributed by atoms with Crippen LogP contribution in [0.1, 0.15) is 5.56 Å². The molecule has 0 unspecified atom stereocenters. The zero-order valence-electron chi connectivity index (χ0n) is 10.2. The van der Waals surface area contributed by atoms with Crippen LogP contribution in [0.2, 0.25) is 0 Å². The van der Waals surface area contributed by atoms with Gasteiger partial charge in [-0.05, 0) is 36.2 Å². The zero-order chi connectivity index (χ0) is 12.8. The minimum Gasteiger partial charge on any atom is -0.495 e. The molecule has 0 aliphatic heterocycles. The van der Waals surface area contributed by atoms with Crippen LogP contribution in [0.25, 0.3) is 0 Å². The molecule has 0 radical (unpaired) electrons. The molecule has 0 aliphatic rings. The second kappa shape index (κ2) is 6.40. The van der Waals surface area contributed by atoms with E-state index in [4.69, 9.17) is 4.74 Å². The number of ether oxygens (including phenoxy) is 1. The highest BCUT2D eigenvalue weighted by molar-refractivity contribution is 9.10. The molecule has 1 aromatic carbocycles. The van der Waals surface area contributed by atoms with Crippen molar-refractivity contribution >= 4 is 21.6 Å². The number of hydrogen-bond donors (Lipinski definition) is 1. The summed E-state index contributed by atoms with van der Waals surface area (Å²) < 4.78 is 6.34. The lowest BCUT2D eigenvalue weighted by Crippen LogP contribution is -2.06. The molecule has 0 aliphatic carbocycles. The molecule has 1 heterocycles. The molecular weight excluding hydrogens is 292 g/mol. The zero-order valence-corrected chi connectivity index (χ0v) is 11.8. The first kappa shape index (κ1) is 12.9. The van der Waals surface area contributed by atoms with E-state index in [2.05, 4.69) is 32.3 Å². The number of aromatic nitrogens is 1. The van der Waals surface area contributed by atoms with Crippen LogP contribution in [0, 0.1) is 0 Å². The Morgan fingerprint density at radius 2 is 2.22 bits per heavy atom. The summed E-state index contributed by atoms with van der Waals surface area (Å²) in [7, 11) is 1.68. The Labute approximate surface area is 115 Å². The molecule has 0 fully saturated rings. The number of nitrogens with zero attached hydrogens (tertiary/aromatic N) is 1. The predicted octanol–water partition coefficient (Wildman–Crippen LogP) is 3.51. The van der Waals surface area contributed by atoms with Crippen LogP contribution < -0.4 is 10.1 Å². The Kier molecular flexibility index (Phi) is 4.59. The van der Waals surface area contributed by atoms with Crippen LogP contribution in [-0.4, -0.2) is 18.6 Å². The fourth-order valence-electron chi connectivity index (χ4n) is 1.71. The number of anilines is 1. The van der Waals surface area contributed by atoms with E-state index >= 15 is 0 Å². The van der Waals surface area contributed by atoms with Gasteiger partial charge in [0.25, 0.3) is 0 Å². The van der Waals surface area contributed by atoms with Gasteiger partial charge in [0.2, 0.25) is 0 Å². The Morgan fingerprint density at radius 1 is 1.33 bits per heavy atom. The van der Waals surface area contributed by atoms with Crippen molar-refractivity contribution in [1.82, 2.24) is 4.98 Å². The third-order valence-electron chi connectivity index (χ3n) is 2.61. The third kappa shape index (κ3) is 3.47. The normalized spacial score (nSPS) is 10.1. The van der Waals surface area contributed by atoms with Gasteiger partial charge in [-0.25, -0.2) is 0 Å². The van der Waals surface area contributed by atoms with E-state index in [0.29, 0.717) is 0 Å². The van der Waals surface area contributed by atoms with Crippen molar-refractivity contribution in [3.8, 4) is 5.75 Å². The summed E-state index contributed by atoms with van der Waals surface area (Å²) in [5.74, 6) is 0.851. The lowest BCUT2D eigenvalue weighted by molar-refractivity contribution is 0.416. The van der Waals surface area contributed by atoms with Gasteiger partial charge in [0.05, 0.1) is 12.8 Å². The topological polar surface area (TPSA) is 34.1 Å². The fourth-order valence-corrected chi connectivity index (χ4v) is 2.07. The maximum Gasteiger partial charge on any atom is 0.142 e. The number of pyridine rings is 1. The summed E-state index contributed by atoms with van der Waals surface area (Å²) in [4.78, 5) is 4.10. The highest BCUT2D eigenvalue weighted by atomic mass is 79.9. The second-order valence-corrected chi connectivity index (χ2v) is 4.80. The molecule has 0 amide bonds. The van der Waals surface area contributed by atoms with Crippen molar-refractivity contribution in [3.05, 3.63) is 52.8 Å². The molecular formula is C14H15BrN2O. The highest BCUT2D eigenvalue weighted by Crippen LogP contribution is 2.27. The van der Waals surface area contributed by atoms with Crippen molar-refractivity contribution in [2.45, 2.75) is 6.42 Å². The smallest absolute Gasteiger partial charge is 0.142 e. The summed E-state index contributed by atoms with van der Waals surface area (Å²) >= 11 is 3.46. The lowest BCUT2D eigenvalue weighted by atomic mass is 10.2. The van der Waals surface area contributed by atoms with Crippen LogP contribution in [-0.2, 0) is 6.42 Å². The molecule has 18 heavy (non-hydrogen) atoms. The number of halogens is 1. The molecule has 1 aromatic heterocycles. The molecule has 2 rings (SSSR count). The minimum atomic E-state index is 0.846. The number of benzene rings is 1. The first-order valence-corrected chi connectivity index (χ1v) is 6.55. The molecule has 0 saturated heterocycles. The number of rotatable bonds is 5. The minimum absolute atomic E-state index is 0.846. The predicted molar refractivity (Wildman–Crippen MR) is 77.1 cm³/mol. The van der Waals surface area contributed by atoms with Crippen molar-refractivity contribution in [3.63, 3.8) is 0 Å². The largest absolute Gasteiger partial charge is 0.495 e. The Morgan fingerprint density at radius 3 is 2.94 bits per heavy atom. The summed E-state index contributed by atoms with van der Waals surface area (Å²) in [6.45, 7) is 0.846. The summed E-state index contributed by atoms with van der Waals surface area (Å²) in [6, 6.07) is 9.95. The van der Waals surface area contributed by atoms with Crippen molar-refractivity contribution < 1.29 is 4.74 Å². The first-order chi connectivity index (χ1) is 8.79. The fraction of sp³-hybridized carbons (Fsp3) is 0.214. The molecule has 94 valence electrons. The van der Waals surface area contributed by atoms with Gasteiger partial charge in [-0.15, -0.1) is 0 Å². The number of hydrogen-bond acceptors (Lipinski definition) is 3. The molecule has 0 spiro atoms. The van der Waals surface area contributed by atoms with Gasteiger partial charge in [0.1, 0.15) is 5.75 Å². The van der Waals surface area contributed by atoms with Crippen LogP contribution in [0.5, 0.6) is 5.75 Å². The van der Waals surface area contributed by atoms with Gasteiger partial charge in [-0.1, -0.05) is 22.0 Å². The van der Waals surface area contributed by atoms with E-state index in [9.17, 15) is 0 Å². The van der Waals surface area contributed by atoms with Crippen molar-refractivity contribution in [2.75, 3.05) is 19.0 Å². The van der Waals surface area contributed by atoms with Crippen LogP contribution >= 0.6 is 15.9 Å². The van der Waals surface area contributed by atoms with Crippen LogP contribution in [0.3, 0.4) is 0 Å². The Balaban J connectivity index is 1.96. The summed E-state index contributed by atoms with van der Waals surface area (Å²) in [5, 5.41) is 3.37. The molecule has 1 N–H and O–H groups in total. The first-order valence-electron chi connectivity index (χ1n) is 5.76. The summed E-state index contributed by atoms with van der Waals surface area (Å²) in [6.07, 6.45) is 4.61.